The molecule has 0 bridgehead atoms. The van der Waals surface area contributed by atoms with Crippen LogP contribution in [0.5, 0.6) is 11.5 Å². The highest BCUT2D eigenvalue weighted by atomic mass is 19.3. The van der Waals surface area contributed by atoms with E-state index in [1.54, 1.807) is 6.07 Å². The average molecular weight is 285 g/mol. The van der Waals surface area contributed by atoms with Crippen LogP contribution in [0.4, 0.5) is 8.78 Å². The molecule has 0 saturated carbocycles. The first-order valence-corrected chi connectivity index (χ1v) is 6.86. The van der Waals surface area contributed by atoms with Gasteiger partial charge in [0, 0.05) is 0 Å². The van der Waals surface area contributed by atoms with Gasteiger partial charge in [0.15, 0.2) is 11.5 Å². The molecule has 3 nitrogen and oxygen atoms in total. The van der Waals surface area contributed by atoms with Gasteiger partial charge in [0.2, 0.25) is 0 Å². The summed E-state index contributed by atoms with van der Waals surface area (Å²) in [5, 5.41) is 0. The molecule has 1 aliphatic heterocycles. The van der Waals surface area contributed by atoms with Crippen LogP contribution in [-0.2, 0) is 11.8 Å². The van der Waals surface area contributed by atoms with E-state index in [1.807, 2.05) is 26.8 Å². The van der Waals surface area contributed by atoms with Gasteiger partial charge in [-0.05, 0) is 48.4 Å². The van der Waals surface area contributed by atoms with E-state index in [0.717, 1.165) is 24.0 Å². The number of aryl methyl sites for hydroxylation is 1. The van der Waals surface area contributed by atoms with Gasteiger partial charge in [-0.15, -0.1) is 8.78 Å². The van der Waals surface area contributed by atoms with Crippen molar-refractivity contribution < 1.29 is 18.3 Å². The predicted molar refractivity (Wildman–Crippen MR) is 73.3 cm³/mol. The lowest BCUT2D eigenvalue weighted by Crippen LogP contribution is -2.26. The van der Waals surface area contributed by atoms with Gasteiger partial charge in [0.05, 0.1) is 0 Å². The van der Waals surface area contributed by atoms with Crippen molar-refractivity contribution in [1.29, 1.82) is 0 Å². The molecule has 112 valence electrons. The summed E-state index contributed by atoms with van der Waals surface area (Å²) in [6, 6.07) is 3.57. The topological polar surface area (TPSA) is 44.5 Å². The molecule has 1 aliphatic rings. The number of hydrogen-bond donors (Lipinski definition) is 1. The summed E-state index contributed by atoms with van der Waals surface area (Å²) in [7, 11) is 0. The van der Waals surface area contributed by atoms with Gasteiger partial charge < -0.3 is 15.2 Å². The van der Waals surface area contributed by atoms with Crippen molar-refractivity contribution in [2.24, 2.45) is 5.73 Å². The quantitative estimate of drug-likeness (QED) is 0.860. The standard InChI is InChI=1S/C15H21F2NO2/c1-14(2,3)11-8-10(6-4-5-7-18)13-12(9-11)19-15(16,17)20-13/h8-9H,4-7,18H2,1-3H3. The van der Waals surface area contributed by atoms with Crippen molar-refractivity contribution in [3.8, 4) is 11.5 Å². The van der Waals surface area contributed by atoms with Crippen molar-refractivity contribution in [1.82, 2.24) is 0 Å². The number of fused-ring (bicyclic) bond motifs is 1. The molecule has 0 aliphatic carbocycles. The van der Waals surface area contributed by atoms with Gasteiger partial charge in [-0.1, -0.05) is 26.8 Å². The summed E-state index contributed by atoms with van der Waals surface area (Å²) < 4.78 is 35.8. The largest absolute Gasteiger partial charge is 0.586 e. The lowest BCUT2D eigenvalue weighted by molar-refractivity contribution is -0.286. The minimum atomic E-state index is -3.57. The molecular formula is C15H21F2NO2. The normalized spacial score (nSPS) is 16.5. The molecule has 0 saturated heterocycles. The Morgan fingerprint density at radius 2 is 1.85 bits per heavy atom. The molecule has 0 radical (unpaired) electrons. The fraction of sp³-hybridized carbons (Fsp3) is 0.600. The van der Waals surface area contributed by atoms with Crippen LogP contribution in [0.2, 0.25) is 0 Å². The maximum absolute atomic E-state index is 13.3. The molecular weight excluding hydrogens is 264 g/mol. The minimum Gasteiger partial charge on any atom is -0.395 e. The molecule has 0 spiro atoms. The predicted octanol–water partition coefficient (Wildman–Crippen LogP) is 3.59. The van der Waals surface area contributed by atoms with Gasteiger partial charge in [-0.25, -0.2) is 0 Å². The third-order valence-electron chi connectivity index (χ3n) is 3.35. The summed E-state index contributed by atoms with van der Waals surface area (Å²) in [6.07, 6.45) is -1.22. The summed E-state index contributed by atoms with van der Waals surface area (Å²) in [5.74, 6) is 0.296. The van der Waals surface area contributed by atoms with Gasteiger partial charge in [0.1, 0.15) is 0 Å². The number of benzene rings is 1. The van der Waals surface area contributed by atoms with Crippen molar-refractivity contribution in [3.63, 3.8) is 0 Å². The first kappa shape index (κ1) is 15.0. The molecule has 0 fully saturated rings. The van der Waals surface area contributed by atoms with Gasteiger partial charge >= 0.3 is 6.29 Å². The molecule has 20 heavy (non-hydrogen) atoms. The number of halogens is 2. The van der Waals surface area contributed by atoms with Crippen LogP contribution >= 0.6 is 0 Å². The summed E-state index contributed by atoms with van der Waals surface area (Å²) in [6.45, 7) is 6.69. The van der Waals surface area contributed by atoms with Crippen LogP contribution < -0.4 is 15.2 Å². The Morgan fingerprint density at radius 3 is 2.45 bits per heavy atom. The number of nitrogens with two attached hydrogens (primary N) is 1. The zero-order valence-electron chi connectivity index (χ0n) is 12.1. The fourth-order valence-electron chi connectivity index (χ4n) is 2.20. The molecule has 0 aromatic heterocycles. The van der Waals surface area contributed by atoms with Crippen LogP contribution in [0.15, 0.2) is 12.1 Å². The van der Waals surface area contributed by atoms with E-state index in [1.165, 1.54) is 0 Å². The Bertz CT molecular complexity index is 495. The van der Waals surface area contributed by atoms with Gasteiger partial charge in [-0.3, -0.25) is 0 Å². The van der Waals surface area contributed by atoms with Crippen molar-refractivity contribution >= 4 is 0 Å². The molecule has 0 atom stereocenters. The van der Waals surface area contributed by atoms with E-state index in [4.69, 9.17) is 5.73 Å². The Labute approximate surface area is 118 Å². The zero-order valence-corrected chi connectivity index (χ0v) is 12.1. The summed E-state index contributed by atoms with van der Waals surface area (Å²) >= 11 is 0. The maximum Gasteiger partial charge on any atom is 0.586 e. The molecule has 0 amide bonds. The summed E-state index contributed by atoms with van der Waals surface area (Å²) in [4.78, 5) is 0. The van der Waals surface area contributed by atoms with Crippen molar-refractivity contribution in [3.05, 3.63) is 23.3 Å². The smallest absolute Gasteiger partial charge is 0.395 e. The number of unbranched alkanes of at least 4 members (excludes halogenated alkanes) is 1. The lowest BCUT2D eigenvalue weighted by atomic mass is 9.85. The number of alkyl halides is 2. The molecule has 1 aromatic carbocycles. The van der Waals surface area contributed by atoms with E-state index in [0.29, 0.717) is 13.0 Å². The number of ether oxygens (including phenoxy) is 2. The average Bonchev–Trinajstić information content (AvgIpc) is 2.62. The van der Waals surface area contributed by atoms with E-state index >= 15 is 0 Å². The monoisotopic (exact) mass is 285 g/mol. The van der Waals surface area contributed by atoms with Crippen LogP contribution in [0.3, 0.4) is 0 Å². The van der Waals surface area contributed by atoms with Crippen LogP contribution in [0, 0.1) is 0 Å². The first-order chi connectivity index (χ1) is 9.23. The van der Waals surface area contributed by atoms with E-state index in [9.17, 15) is 8.78 Å². The fourth-order valence-corrected chi connectivity index (χ4v) is 2.20. The zero-order chi connectivity index (χ0) is 15.0. The molecule has 1 heterocycles. The first-order valence-electron chi connectivity index (χ1n) is 6.86. The van der Waals surface area contributed by atoms with E-state index in [2.05, 4.69) is 9.47 Å². The highest BCUT2D eigenvalue weighted by Gasteiger charge is 2.45. The van der Waals surface area contributed by atoms with Crippen LogP contribution in [0.25, 0.3) is 0 Å². The number of hydrogen-bond acceptors (Lipinski definition) is 3. The van der Waals surface area contributed by atoms with Gasteiger partial charge in [0.25, 0.3) is 0 Å². The van der Waals surface area contributed by atoms with Crippen molar-refractivity contribution in [2.75, 3.05) is 6.54 Å². The van der Waals surface area contributed by atoms with Crippen LogP contribution in [0.1, 0.15) is 44.7 Å². The van der Waals surface area contributed by atoms with Crippen molar-refractivity contribution in [2.45, 2.75) is 51.7 Å². The third kappa shape index (κ3) is 3.20. The Hall–Kier alpha value is -1.36. The summed E-state index contributed by atoms with van der Waals surface area (Å²) in [5.41, 5.74) is 7.05. The Kier molecular flexibility index (Phi) is 3.91. The molecule has 1 aromatic rings. The molecule has 0 unspecified atom stereocenters. The molecule has 5 heteroatoms. The maximum atomic E-state index is 13.3. The van der Waals surface area contributed by atoms with Gasteiger partial charge in [-0.2, -0.15) is 0 Å². The second kappa shape index (κ2) is 5.20. The second-order valence-corrected chi connectivity index (χ2v) is 6.13. The highest BCUT2D eigenvalue weighted by molar-refractivity contribution is 5.52. The van der Waals surface area contributed by atoms with E-state index in [-0.39, 0.29) is 16.9 Å². The Balaban J connectivity index is 2.36. The SMILES string of the molecule is CC(C)(C)c1cc(CCCCN)c2c(c1)OC(F)(F)O2. The lowest BCUT2D eigenvalue weighted by Gasteiger charge is -2.20. The highest BCUT2D eigenvalue weighted by Crippen LogP contribution is 2.46. The third-order valence-corrected chi connectivity index (χ3v) is 3.35. The Morgan fingerprint density at radius 1 is 1.15 bits per heavy atom. The minimum absolute atomic E-state index is 0.130. The number of rotatable bonds is 4. The van der Waals surface area contributed by atoms with Crippen LogP contribution in [-0.4, -0.2) is 12.8 Å². The molecule has 2 N–H and O–H groups in total. The second-order valence-electron chi connectivity index (χ2n) is 6.13. The molecule has 2 rings (SSSR count). The van der Waals surface area contributed by atoms with E-state index < -0.39 is 6.29 Å².